The molecule has 3 atom stereocenters. The lowest BCUT2D eigenvalue weighted by atomic mass is 9.90. The minimum atomic E-state index is -0.508. The van der Waals surface area contributed by atoms with E-state index in [0.717, 1.165) is 88.1 Å². The number of aromatic nitrogens is 1. The molecule has 1 saturated heterocycles. The summed E-state index contributed by atoms with van der Waals surface area (Å²) >= 11 is 1.54. The van der Waals surface area contributed by atoms with Gasteiger partial charge in [-0.3, -0.25) is 4.79 Å². The Hall–Kier alpha value is -6.85. The number of hydrogen-bond donors (Lipinski definition) is 0. The van der Waals surface area contributed by atoms with E-state index in [2.05, 4.69) is 12.6 Å². The molecule has 0 spiro atoms. The highest BCUT2D eigenvalue weighted by Crippen LogP contribution is 2.39. The average molecular weight is 919 g/mol. The first kappa shape index (κ1) is 46.7. The van der Waals surface area contributed by atoms with Crippen molar-refractivity contribution in [3.63, 3.8) is 0 Å². The molecule has 1 aliphatic carbocycles. The third-order valence-electron chi connectivity index (χ3n) is 11.6. The summed E-state index contributed by atoms with van der Waals surface area (Å²) in [6.45, 7) is 6.31. The van der Waals surface area contributed by atoms with Gasteiger partial charge in [-0.15, -0.1) is 0 Å². The molecule has 344 valence electrons. The number of hydrazone groups is 1. The largest absolute Gasteiger partial charge is 0.494 e. The van der Waals surface area contributed by atoms with Gasteiger partial charge in [0.05, 0.1) is 41.3 Å². The van der Waals surface area contributed by atoms with E-state index in [1.165, 1.54) is 17.8 Å². The summed E-state index contributed by atoms with van der Waals surface area (Å²) in [7, 11) is 0. The number of esters is 2. The average Bonchev–Trinajstić information content (AvgIpc) is 4.01. The molecule has 6 aromatic rings. The number of nitrogens with zero attached hydrogens (tertiary/aromatic N) is 4. The monoisotopic (exact) mass is 918 g/mol. The van der Waals surface area contributed by atoms with Crippen molar-refractivity contribution < 1.29 is 38.0 Å². The molecule has 5 aromatic carbocycles. The molecular weight excluding hydrogens is 865 g/mol. The molecule has 3 unspecified atom stereocenters. The van der Waals surface area contributed by atoms with Gasteiger partial charge < -0.3 is 28.4 Å². The van der Waals surface area contributed by atoms with E-state index >= 15 is 0 Å². The third-order valence-corrected chi connectivity index (χ3v) is 12.6. The SMILES string of the molecule is C=CC(=O)Oc1ccc(-c2ccc(COc3ccc(OC(=O)CCc4ccc(OCCCOCC5CCC6OC6C5)cc4)c(/C=N/N(CCCCC#N)c4nc5ccccc5s4)c3)cc2)cc1. The van der Waals surface area contributed by atoms with Gasteiger partial charge in [0.15, 0.2) is 0 Å². The maximum absolute atomic E-state index is 13.4. The standard InChI is InChI=1S/C54H54N4O8S/c1-2-52(59)64-45-23-19-42(20-24-45)41-17-11-39(12-18-41)37-63-46-25-27-48(43(34-46)35-56-58(30-7-3-6-29-55)54-57-47-9-4-5-10-51(47)67-54)66-53(60)28-16-38-13-21-44(22-14-38)62-32-8-31-61-36-40-15-26-49-50(33-40)65-49/h2,4-5,9-14,17-25,27,34-35,40,49-50H,1,3,6-8,15-16,26,28,30-33,36-37H2/b56-35+. The van der Waals surface area contributed by atoms with Crippen molar-refractivity contribution in [2.45, 2.75) is 76.6 Å². The van der Waals surface area contributed by atoms with Gasteiger partial charge in [-0.25, -0.2) is 14.8 Å². The number of nitriles is 1. The molecule has 1 aliphatic heterocycles. The topological polar surface area (TPSA) is 145 Å². The lowest BCUT2D eigenvalue weighted by molar-refractivity contribution is -0.134. The van der Waals surface area contributed by atoms with Crippen molar-refractivity contribution in [1.29, 1.82) is 5.26 Å². The Morgan fingerprint density at radius 3 is 2.37 bits per heavy atom. The minimum Gasteiger partial charge on any atom is -0.494 e. The molecular formula is C54H54N4O8S. The van der Waals surface area contributed by atoms with E-state index in [-0.39, 0.29) is 12.4 Å². The normalized spacial score (nSPS) is 16.2. The Balaban J connectivity index is 0.891. The summed E-state index contributed by atoms with van der Waals surface area (Å²) in [6.07, 6.45) is 10.7. The van der Waals surface area contributed by atoms with E-state index in [1.54, 1.807) is 30.5 Å². The molecule has 1 aromatic heterocycles. The molecule has 2 aliphatic rings. The molecule has 2 fully saturated rings. The van der Waals surface area contributed by atoms with Crippen LogP contribution < -0.4 is 24.0 Å². The van der Waals surface area contributed by atoms with Crippen LogP contribution in [0.3, 0.4) is 0 Å². The van der Waals surface area contributed by atoms with Crippen LogP contribution in [0.1, 0.15) is 68.1 Å². The Morgan fingerprint density at radius 2 is 1.60 bits per heavy atom. The zero-order chi connectivity index (χ0) is 46.2. The van der Waals surface area contributed by atoms with E-state index in [0.29, 0.717) is 80.1 Å². The fraction of sp³-hybridized carbons (Fsp3) is 0.315. The molecule has 1 saturated carbocycles. The van der Waals surface area contributed by atoms with Crippen molar-refractivity contribution in [1.82, 2.24) is 4.98 Å². The number of carbonyl (C=O) groups excluding carboxylic acids is 2. The summed E-state index contributed by atoms with van der Waals surface area (Å²) in [4.78, 5) is 29.8. The number of thiazole rings is 1. The molecule has 0 radical (unpaired) electrons. The van der Waals surface area contributed by atoms with Crippen LogP contribution in [-0.4, -0.2) is 61.7 Å². The number of rotatable bonds is 24. The smallest absolute Gasteiger partial charge is 0.335 e. The number of epoxide rings is 1. The predicted molar refractivity (Wildman–Crippen MR) is 260 cm³/mol. The molecule has 67 heavy (non-hydrogen) atoms. The van der Waals surface area contributed by atoms with E-state index in [9.17, 15) is 9.59 Å². The predicted octanol–water partition coefficient (Wildman–Crippen LogP) is 11.1. The number of unbranched alkanes of at least 4 members (excludes halogenated alkanes) is 2. The van der Waals surface area contributed by atoms with Crippen LogP contribution in [0.5, 0.6) is 23.0 Å². The highest BCUT2D eigenvalue weighted by atomic mass is 32.1. The summed E-state index contributed by atoms with van der Waals surface area (Å²) in [5.41, 5.74) is 5.34. The molecule has 0 bridgehead atoms. The van der Waals surface area contributed by atoms with Crippen molar-refractivity contribution in [2.24, 2.45) is 11.0 Å². The molecule has 0 N–H and O–H groups in total. The zero-order valence-corrected chi connectivity index (χ0v) is 38.2. The van der Waals surface area contributed by atoms with Crippen LogP contribution in [0.4, 0.5) is 5.13 Å². The fourth-order valence-electron chi connectivity index (χ4n) is 7.83. The lowest BCUT2D eigenvalue weighted by Crippen LogP contribution is -2.19. The van der Waals surface area contributed by atoms with E-state index < -0.39 is 5.97 Å². The molecule has 2 heterocycles. The van der Waals surface area contributed by atoms with E-state index in [1.807, 2.05) is 96.0 Å². The van der Waals surface area contributed by atoms with Gasteiger partial charge in [0, 0.05) is 50.7 Å². The second kappa shape index (κ2) is 23.6. The van der Waals surface area contributed by atoms with Gasteiger partial charge in [0.1, 0.15) is 29.6 Å². The number of carbonyl (C=O) groups is 2. The number of anilines is 1. The van der Waals surface area contributed by atoms with E-state index in [4.69, 9.17) is 43.8 Å². The van der Waals surface area contributed by atoms with Gasteiger partial charge in [-0.1, -0.05) is 78.6 Å². The second-order valence-corrected chi connectivity index (χ2v) is 17.6. The van der Waals surface area contributed by atoms with Crippen molar-refractivity contribution in [2.75, 3.05) is 31.4 Å². The van der Waals surface area contributed by atoms with Gasteiger partial charge in [-0.05, 0) is 121 Å². The minimum absolute atomic E-state index is 0.167. The Morgan fingerprint density at radius 1 is 0.836 bits per heavy atom. The van der Waals surface area contributed by atoms with Gasteiger partial charge in [-0.2, -0.15) is 10.4 Å². The first-order valence-corrected chi connectivity index (χ1v) is 23.7. The van der Waals surface area contributed by atoms with Crippen LogP contribution in [0, 0.1) is 17.2 Å². The lowest BCUT2D eigenvalue weighted by Gasteiger charge is -2.18. The van der Waals surface area contributed by atoms with Crippen LogP contribution in [-0.2, 0) is 32.1 Å². The van der Waals surface area contributed by atoms with Crippen molar-refractivity contribution >= 4 is 44.8 Å². The third kappa shape index (κ3) is 13.8. The highest BCUT2D eigenvalue weighted by molar-refractivity contribution is 7.22. The summed E-state index contributed by atoms with van der Waals surface area (Å²) in [6, 6.07) is 38.6. The van der Waals surface area contributed by atoms with Crippen LogP contribution >= 0.6 is 11.3 Å². The fourth-order valence-corrected chi connectivity index (χ4v) is 8.78. The summed E-state index contributed by atoms with van der Waals surface area (Å²) in [5.74, 6) is 1.86. The molecule has 8 rings (SSSR count). The highest BCUT2D eigenvalue weighted by Gasteiger charge is 2.43. The van der Waals surface area contributed by atoms with Crippen LogP contribution in [0.25, 0.3) is 21.3 Å². The van der Waals surface area contributed by atoms with Crippen molar-refractivity contribution in [3.05, 3.63) is 145 Å². The number of ether oxygens (including phenoxy) is 6. The zero-order valence-electron chi connectivity index (χ0n) is 37.4. The van der Waals surface area contributed by atoms with Crippen LogP contribution in [0.2, 0.25) is 0 Å². The van der Waals surface area contributed by atoms with Crippen molar-refractivity contribution in [3.8, 4) is 40.2 Å². The number of para-hydroxylation sites is 1. The number of hydrogen-bond acceptors (Lipinski definition) is 13. The van der Waals surface area contributed by atoms with Crippen LogP contribution in [0.15, 0.2) is 133 Å². The molecule has 12 nitrogen and oxygen atoms in total. The number of fused-ring (bicyclic) bond motifs is 2. The Labute approximate surface area is 395 Å². The number of aryl methyl sites for hydroxylation is 1. The summed E-state index contributed by atoms with van der Waals surface area (Å²) in [5, 5.41) is 16.6. The van der Waals surface area contributed by atoms with Gasteiger partial charge >= 0.3 is 11.9 Å². The molecule has 13 heteroatoms. The Kier molecular flexibility index (Phi) is 16.4. The van der Waals surface area contributed by atoms with Gasteiger partial charge in [0.25, 0.3) is 0 Å². The second-order valence-electron chi connectivity index (χ2n) is 16.6. The maximum atomic E-state index is 13.4. The summed E-state index contributed by atoms with van der Waals surface area (Å²) < 4.78 is 36.0. The maximum Gasteiger partial charge on any atom is 0.335 e. The number of benzene rings is 5. The Bertz CT molecular complexity index is 2630. The van der Waals surface area contributed by atoms with Gasteiger partial charge in [0.2, 0.25) is 5.13 Å². The molecule has 0 amide bonds. The first-order chi connectivity index (χ1) is 32.9. The first-order valence-electron chi connectivity index (χ1n) is 22.9. The quantitative estimate of drug-likeness (QED) is 0.0109.